The van der Waals surface area contributed by atoms with Crippen LogP contribution in [0.1, 0.15) is 17.0 Å². The Morgan fingerprint density at radius 1 is 1.30 bits per heavy atom. The summed E-state index contributed by atoms with van der Waals surface area (Å²) in [5, 5.41) is 4.85. The first-order chi connectivity index (χ1) is 9.55. The normalized spacial score (nSPS) is 10.7. The van der Waals surface area contributed by atoms with E-state index in [-0.39, 0.29) is 0 Å². The van der Waals surface area contributed by atoms with Crippen LogP contribution >= 0.6 is 23.2 Å². The van der Waals surface area contributed by atoms with Crippen LogP contribution in [0.25, 0.3) is 0 Å². The van der Waals surface area contributed by atoms with Gasteiger partial charge in [0.1, 0.15) is 6.61 Å². The van der Waals surface area contributed by atoms with Crippen molar-refractivity contribution in [1.29, 1.82) is 0 Å². The molecule has 0 aliphatic heterocycles. The highest BCUT2D eigenvalue weighted by atomic mass is 35.5. The fourth-order valence-corrected chi connectivity index (χ4v) is 2.41. The number of hydrogen-bond acceptors (Lipinski definition) is 3. The largest absolute Gasteiger partial charge is 0.493 e. The molecule has 0 radical (unpaired) electrons. The van der Waals surface area contributed by atoms with Crippen LogP contribution in [0.4, 0.5) is 0 Å². The number of methoxy groups -OCH3 is 1. The third kappa shape index (κ3) is 3.19. The average molecular weight is 315 g/mol. The van der Waals surface area contributed by atoms with E-state index < -0.39 is 0 Å². The first-order valence-corrected chi connectivity index (χ1v) is 7.01. The first kappa shape index (κ1) is 15.0. The topological polar surface area (TPSA) is 36.3 Å². The number of nitrogens with zero attached hydrogens (tertiary/aromatic N) is 2. The maximum Gasteiger partial charge on any atom is 0.166 e. The molecule has 0 unspecified atom stereocenters. The van der Waals surface area contributed by atoms with Crippen molar-refractivity contribution in [3.8, 4) is 11.5 Å². The Morgan fingerprint density at radius 2 is 2.05 bits per heavy atom. The van der Waals surface area contributed by atoms with Crippen LogP contribution in [0.3, 0.4) is 0 Å². The van der Waals surface area contributed by atoms with Crippen molar-refractivity contribution in [3.63, 3.8) is 0 Å². The second kappa shape index (κ2) is 6.37. The SMILES string of the molecule is COc1cc(Cl)cc(CCl)c1OCc1cc(C)nn1C. The van der Waals surface area contributed by atoms with E-state index in [0.717, 1.165) is 17.0 Å². The van der Waals surface area contributed by atoms with Gasteiger partial charge in [-0.2, -0.15) is 5.10 Å². The molecule has 0 amide bonds. The van der Waals surface area contributed by atoms with Gasteiger partial charge >= 0.3 is 0 Å². The molecule has 2 aromatic rings. The minimum Gasteiger partial charge on any atom is -0.493 e. The molecule has 0 saturated carbocycles. The van der Waals surface area contributed by atoms with E-state index in [1.54, 1.807) is 23.9 Å². The molecular formula is C14H16Cl2N2O2. The minimum atomic E-state index is 0.302. The van der Waals surface area contributed by atoms with Gasteiger partial charge in [-0.25, -0.2) is 0 Å². The molecule has 108 valence electrons. The average Bonchev–Trinajstić information content (AvgIpc) is 2.74. The number of ether oxygens (including phenoxy) is 2. The van der Waals surface area contributed by atoms with Crippen molar-refractivity contribution in [2.24, 2.45) is 7.05 Å². The fourth-order valence-electron chi connectivity index (χ4n) is 1.98. The van der Waals surface area contributed by atoms with E-state index in [1.807, 2.05) is 20.0 Å². The Hall–Kier alpha value is -1.39. The third-order valence-electron chi connectivity index (χ3n) is 2.92. The number of halogens is 2. The molecule has 0 spiro atoms. The van der Waals surface area contributed by atoms with Crippen LogP contribution in [0.5, 0.6) is 11.5 Å². The second-order valence-corrected chi connectivity index (χ2v) is 5.12. The predicted octanol–water partition coefficient (Wildman–Crippen LogP) is 3.71. The van der Waals surface area contributed by atoms with Gasteiger partial charge in [0, 0.05) is 23.7 Å². The summed E-state index contributed by atoms with van der Waals surface area (Å²) in [5.74, 6) is 1.49. The quantitative estimate of drug-likeness (QED) is 0.789. The molecule has 0 aliphatic carbocycles. The number of rotatable bonds is 5. The Morgan fingerprint density at radius 3 is 2.60 bits per heavy atom. The number of aryl methyl sites for hydroxylation is 2. The van der Waals surface area contributed by atoms with Crippen molar-refractivity contribution < 1.29 is 9.47 Å². The van der Waals surface area contributed by atoms with Gasteiger partial charge in [-0.05, 0) is 19.1 Å². The van der Waals surface area contributed by atoms with E-state index in [4.69, 9.17) is 32.7 Å². The van der Waals surface area contributed by atoms with Crippen LogP contribution in [0.2, 0.25) is 5.02 Å². The molecule has 0 atom stereocenters. The summed E-state index contributed by atoms with van der Waals surface area (Å²) in [6.45, 7) is 2.33. The number of alkyl halides is 1. The molecule has 0 fully saturated rings. The lowest BCUT2D eigenvalue weighted by Crippen LogP contribution is -2.05. The van der Waals surface area contributed by atoms with Gasteiger partial charge in [0.2, 0.25) is 0 Å². The van der Waals surface area contributed by atoms with Gasteiger partial charge in [0.15, 0.2) is 11.5 Å². The van der Waals surface area contributed by atoms with Crippen LogP contribution in [0.15, 0.2) is 18.2 Å². The number of hydrogen-bond donors (Lipinski definition) is 0. The van der Waals surface area contributed by atoms with Crippen LogP contribution < -0.4 is 9.47 Å². The standard InChI is InChI=1S/C14H16Cl2N2O2/c1-9-4-12(18(2)17-9)8-20-14-10(7-15)5-11(16)6-13(14)19-3/h4-6H,7-8H2,1-3H3. The molecule has 0 aliphatic rings. The lowest BCUT2D eigenvalue weighted by atomic mass is 10.2. The zero-order valence-electron chi connectivity index (χ0n) is 11.6. The summed E-state index contributed by atoms with van der Waals surface area (Å²) in [6, 6.07) is 5.46. The Kier molecular flexibility index (Phi) is 4.78. The maximum atomic E-state index is 6.02. The molecule has 6 heteroatoms. The monoisotopic (exact) mass is 314 g/mol. The molecule has 1 heterocycles. The van der Waals surface area contributed by atoms with Crippen molar-refractivity contribution in [2.75, 3.05) is 7.11 Å². The van der Waals surface area contributed by atoms with E-state index >= 15 is 0 Å². The Balaban J connectivity index is 2.26. The second-order valence-electron chi connectivity index (χ2n) is 4.42. The fraction of sp³-hybridized carbons (Fsp3) is 0.357. The smallest absolute Gasteiger partial charge is 0.166 e. The van der Waals surface area contributed by atoms with Crippen molar-refractivity contribution >= 4 is 23.2 Å². The van der Waals surface area contributed by atoms with Gasteiger partial charge in [0.05, 0.1) is 24.4 Å². The summed E-state index contributed by atoms with van der Waals surface area (Å²) in [7, 11) is 3.46. The van der Waals surface area contributed by atoms with E-state index in [0.29, 0.717) is 29.0 Å². The van der Waals surface area contributed by atoms with E-state index in [9.17, 15) is 0 Å². The van der Waals surface area contributed by atoms with Crippen molar-refractivity contribution in [3.05, 3.63) is 40.2 Å². The molecule has 4 nitrogen and oxygen atoms in total. The summed E-state index contributed by atoms with van der Waals surface area (Å²) in [4.78, 5) is 0. The number of aromatic nitrogens is 2. The molecule has 0 N–H and O–H groups in total. The van der Waals surface area contributed by atoms with Crippen LogP contribution in [-0.2, 0) is 19.5 Å². The highest BCUT2D eigenvalue weighted by Crippen LogP contribution is 2.36. The zero-order chi connectivity index (χ0) is 14.7. The molecule has 1 aromatic carbocycles. The third-order valence-corrected chi connectivity index (χ3v) is 3.43. The predicted molar refractivity (Wildman–Crippen MR) is 79.8 cm³/mol. The Bertz CT molecular complexity index is 586. The van der Waals surface area contributed by atoms with Crippen molar-refractivity contribution in [2.45, 2.75) is 19.4 Å². The molecule has 20 heavy (non-hydrogen) atoms. The van der Waals surface area contributed by atoms with E-state index in [2.05, 4.69) is 5.10 Å². The first-order valence-electron chi connectivity index (χ1n) is 6.09. The summed E-state index contributed by atoms with van der Waals surface area (Å²) < 4.78 is 12.9. The lowest BCUT2D eigenvalue weighted by Gasteiger charge is -2.14. The minimum absolute atomic E-state index is 0.302. The summed E-state index contributed by atoms with van der Waals surface area (Å²) >= 11 is 12.0. The Labute approximate surface area is 128 Å². The van der Waals surface area contributed by atoms with Gasteiger partial charge in [-0.15, -0.1) is 11.6 Å². The molecule has 0 saturated heterocycles. The summed E-state index contributed by atoms with van der Waals surface area (Å²) in [5.41, 5.74) is 2.72. The highest BCUT2D eigenvalue weighted by molar-refractivity contribution is 6.31. The van der Waals surface area contributed by atoms with Gasteiger partial charge in [-0.3, -0.25) is 4.68 Å². The van der Waals surface area contributed by atoms with Gasteiger partial charge < -0.3 is 9.47 Å². The molecule has 0 bridgehead atoms. The van der Waals surface area contributed by atoms with Crippen molar-refractivity contribution in [1.82, 2.24) is 9.78 Å². The van der Waals surface area contributed by atoms with Crippen LogP contribution in [0, 0.1) is 6.92 Å². The zero-order valence-corrected chi connectivity index (χ0v) is 13.1. The van der Waals surface area contributed by atoms with Gasteiger partial charge in [-0.1, -0.05) is 11.6 Å². The maximum absolute atomic E-state index is 6.02. The number of benzene rings is 1. The highest BCUT2D eigenvalue weighted by Gasteiger charge is 2.13. The molecular weight excluding hydrogens is 299 g/mol. The van der Waals surface area contributed by atoms with Crippen LogP contribution in [-0.4, -0.2) is 16.9 Å². The van der Waals surface area contributed by atoms with Gasteiger partial charge in [0.25, 0.3) is 0 Å². The summed E-state index contributed by atoms with van der Waals surface area (Å²) in [6.07, 6.45) is 0. The molecule has 1 aromatic heterocycles. The lowest BCUT2D eigenvalue weighted by molar-refractivity contribution is 0.273. The van der Waals surface area contributed by atoms with E-state index in [1.165, 1.54) is 0 Å². The molecule has 2 rings (SSSR count).